The second-order valence-electron chi connectivity index (χ2n) is 7.59. The number of aryl methyl sites for hydroxylation is 1. The minimum absolute atomic E-state index is 0.0803. The van der Waals surface area contributed by atoms with E-state index >= 15 is 0 Å². The molecule has 3 aromatic rings. The Bertz CT molecular complexity index is 1040. The Labute approximate surface area is 165 Å². The summed E-state index contributed by atoms with van der Waals surface area (Å²) in [6.07, 6.45) is 1.03. The zero-order chi connectivity index (χ0) is 20.1. The predicted molar refractivity (Wildman–Crippen MR) is 104 cm³/mol. The van der Waals surface area contributed by atoms with Gasteiger partial charge in [-0.15, -0.1) is 11.3 Å². The molecule has 0 aliphatic carbocycles. The van der Waals surface area contributed by atoms with Crippen LogP contribution in [0.1, 0.15) is 36.2 Å². The van der Waals surface area contributed by atoms with Crippen molar-refractivity contribution in [3.63, 3.8) is 0 Å². The maximum Gasteiger partial charge on any atom is 0.149 e. The first-order valence-electron chi connectivity index (χ1n) is 9.03. The van der Waals surface area contributed by atoms with Crippen molar-refractivity contribution in [2.75, 3.05) is 19.7 Å². The summed E-state index contributed by atoms with van der Waals surface area (Å²) in [6, 6.07) is 3.65. The maximum absolute atomic E-state index is 14.8. The number of hydrogen-bond donors (Lipinski definition) is 1. The van der Waals surface area contributed by atoms with Crippen molar-refractivity contribution >= 4 is 21.6 Å². The van der Waals surface area contributed by atoms with Crippen LogP contribution >= 0.6 is 11.3 Å². The lowest BCUT2D eigenvalue weighted by molar-refractivity contribution is -0.0942. The van der Waals surface area contributed by atoms with Gasteiger partial charge in [-0.3, -0.25) is 9.88 Å². The quantitative estimate of drug-likeness (QED) is 0.708. The van der Waals surface area contributed by atoms with Crippen LogP contribution in [0.4, 0.5) is 8.78 Å². The fourth-order valence-electron chi connectivity index (χ4n) is 3.75. The van der Waals surface area contributed by atoms with Gasteiger partial charge in [-0.2, -0.15) is 0 Å². The number of morpholine rings is 1. The third-order valence-corrected chi connectivity index (χ3v) is 5.89. The van der Waals surface area contributed by atoms with E-state index in [9.17, 15) is 13.9 Å². The number of thiazole rings is 1. The summed E-state index contributed by atoms with van der Waals surface area (Å²) in [7, 11) is 0. The van der Waals surface area contributed by atoms with Crippen LogP contribution in [0.15, 0.2) is 24.4 Å². The Morgan fingerprint density at radius 1 is 1.32 bits per heavy atom. The summed E-state index contributed by atoms with van der Waals surface area (Å²) in [6.45, 7) is 7.44. The van der Waals surface area contributed by atoms with Crippen molar-refractivity contribution in [2.24, 2.45) is 0 Å². The van der Waals surface area contributed by atoms with E-state index in [1.165, 1.54) is 11.3 Å². The molecular weight excluding hydrogens is 384 g/mol. The van der Waals surface area contributed by atoms with E-state index in [1.54, 1.807) is 12.1 Å². The van der Waals surface area contributed by atoms with Gasteiger partial charge in [0.1, 0.15) is 22.9 Å². The van der Waals surface area contributed by atoms with Crippen LogP contribution in [0.25, 0.3) is 10.2 Å². The highest BCUT2D eigenvalue weighted by Gasteiger charge is 2.36. The van der Waals surface area contributed by atoms with Crippen molar-refractivity contribution in [1.29, 1.82) is 0 Å². The van der Waals surface area contributed by atoms with Gasteiger partial charge in [-0.25, -0.2) is 13.8 Å². The number of nitrogens with zero attached hydrogens (tertiary/aromatic N) is 3. The minimum atomic E-state index is -0.716. The molecule has 1 aliphatic heterocycles. The molecule has 3 heterocycles. The fourth-order valence-corrected chi connectivity index (χ4v) is 4.73. The molecule has 1 N–H and O–H groups in total. The largest absolute Gasteiger partial charge is 0.506 e. The number of aromatic nitrogens is 2. The Morgan fingerprint density at radius 2 is 2.11 bits per heavy atom. The third kappa shape index (κ3) is 3.47. The van der Waals surface area contributed by atoms with E-state index in [-0.39, 0.29) is 11.4 Å². The molecule has 0 bridgehead atoms. The van der Waals surface area contributed by atoms with Crippen LogP contribution in [0.3, 0.4) is 0 Å². The number of fused-ring (bicyclic) bond motifs is 1. The van der Waals surface area contributed by atoms with Crippen LogP contribution < -0.4 is 0 Å². The summed E-state index contributed by atoms with van der Waals surface area (Å²) in [5.74, 6) is -1.33. The van der Waals surface area contributed by atoms with Gasteiger partial charge in [-0.05, 0) is 32.4 Å². The van der Waals surface area contributed by atoms with Gasteiger partial charge in [-0.1, -0.05) is 6.07 Å². The minimum Gasteiger partial charge on any atom is -0.506 e. The Hall–Kier alpha value is -2.16. The van der Waals surface area contributed by atoms with Crippen LogP contribution in [0.2, 0.25) is 0 Å². The summed E-state index contributed by atoms with van der Waals surface area (Å²) in [5, 5.41) is 11.0. The van der Waals surface area contributed by atoms with E-state index in [0.717, 1.165) is 27.5 Å². The number of phenolic OH excluding ortho intramolecular Hbond substituents is 1. The average Bonchev–Trinajstić information content (AvgIpc) is 3.00. The van der Waals surface area contributed by atoms with E-state index in [2.05, 4.69) is 14.9 Å². The van der Waals surface area contributed by atoms with Crippen LogP contribution in [-0.2, 0) is 4.74 Å². The lowest BCUT2D eigenvalue weighted by Gasteiger charge is -2.42. The monoisotopic (exact) mass is 405 g/mol. The zero-order valence-corrected chi connectivity index (χ0v) is 16.7. The molecule has 1 fully saturated rings. The maximum atomic E-state index is 14.8. The summed E-state index contributed by atoms with van der Waals surface area (Å²) in [5.41, 5.74) is 1.01. The topological polar surface area (TPSA) is 58.5 Å². The second kappa shape index (κ2) is 7.02. The standard InChI is InChI=1S/C20H21F2N3O2S/c1-11-24-17-15(26)5-4-13(19(17)28-11)18(16-14(22)8-12(21)9-23-16)25-6-7-27-20(2,3)10-25/h4-5,8-9,18,26H,6-7,10H2,1-3H3. The normalized spacial score (nSPS) is 18.5. The number of pyridine rings is 1. The molecule has 5 nitrogen and oxygen atoms in total. The molecule has 4 rings (SSSR count). The molecule has 0 radical (unpaired) electrons. The number of aromatic hydroxyl groups is 1. The molecule has 0 saturated carbocycles. The molecule has 0 spiro atoms. The fraction of sp³-hybridized carbons (Fsp3) is 0.400. The first-order chi connectivity index (χ1) is 13.2. The van der Waals surface area contributed by atoms with E-state index < -0.39 is 23.3 Å². The van der Waals surface area contributed by atoms with Crippen LogP contribution in [0, 0.1) is 18.6 Å². The Morgan fingerprint density at radius 3 is 2.82 bits per heavy atom. The third-order valence-electron chi connectivity index (χ3n) is 4.87. The number of hydrogen-bond acceptors (Lipinski definition) is 6. The van der Waals surface area contributed by atoms with Crippen molar-refractivity contribution in [1.82, 2.24) is 14.9 Å². The molecule has 2 aromatic heterocycles. The molecule has 28 heavy (non-hydrogen) atoms. The Kier molecular flexibility index (Phi) is 4.81. The zero-order valence-electron chi connectivity index (χ0n) is 15.9. The first-order valence-corrected chi connectivity index (χ1v) is 9.85. The van der Waals surface area contributed by atoms with Gasteiger partial charge >= 0.3 is 0 Å². The molecule has 1 unspecified atom stereocenters. The van der Waals surface area contributed by atoms with Crippen molar-refractivity contribution in [2.45, 2.75) is 32.4 Å². The molecule has 148 valence electrons. The van der Waals surface area contributed by atoms with E-state index in [4.69, 9.17) is 4.74 Å². The lowest BCUT2D eigenvalue weighted by atomic mass is 9.97. The lowest BCUT2D eigenvalue weighted by Crippen LogP contribution is -2.50. The van der Waals surface area contributed by atoms with Crippen molar-refractivity contribution in [3.05, 3.63) is 52.3 Å². The predicted octanol–water partition coefficient (Wildman–Crippen LogP) is 4.18. The van der Waals surface area contributed by atoms with Gasteiger partial charge in [0.05, 0.1) is 39.8 Å². The van der Waals surface area contributed by atoms with Crippen LogP contribution in [0.5, 0.6) is 5.75 Å². The van der Waals surface area contributed by atoms with Gasteiger partial charge in [0.15, 0.2) is 0 Å². The molecule has 1 aliphatic rings. The van der Waals surface area contributed by atoms with E-state index in [0.29, 0.717) is 25.2 Å². The number of ether oxygens (including phenoxy) is 1. The summed E-state index contributed by atoms with van der Waals surface area (Å²) < 4.78 is 34.9. The van der Waals surface area contributed by atoms with Crippen molar-refractivity contribution in [3.8, 4) is 5.75 Å². The number of rotatable bonds is 3. The average molecular weight is 405 g/mol. The number of halogens is 2. The second-order valence-corrected chi connectivity index (χ2v) is 8.79. The number of phenols is 1. The summed E-state index contributed by atoms with van der Waals surface area (Å²) in [4.78, 5) is 10.6. The molecular formula is C20H21F2N3O2S. The molecule has 1 atom stereocenters. The van der Waals surface area contributed by atoms with Gasteiger partial charge in [0, 0.05) is 19.2 Å². The molecule has 1 saturated heterocycles. The SMILES string of the molecule is Cc1nc2c(O)ccc(C(c3ncc(F)cc3F)N3CCOC(C)(C)C3)c2s1. The van der Waals surface area contributed by atoms with Gasteiger partial charge < -0.3 is 9.84 Å². The van der Waals surface area contributed by atoms with E-state index in [1.807, 2.05) is 20.8 Å². The van der Waals surface area contributed by atoms with Crippen LogP contribution in [-0.4, -0.2) is 45.3 Å². The highest BCUT2D eigenvalue weighted by molar-refractivity contribution is 7.18. The Balaban J connectivity index is 1.92. The highest BCUT2D eigenvalue weighted by Crippen LogP contribution is 2.40. The smallest absolute Gasteiger partial charge is 0.149 e. The molecule has 8 heteroatoms. The van der Waals surface area contributed by atoms with Gasteiger partial charge in [0.2, 0.25) is 0 Å². The number of benzene rings is 1. The molecule has 0 amide bonds. The molecule has 1 aromatic carbocycles. The first kappa shape index (κ1) is 19.2. The summed E-state index contributed by atoms with van der Waals surface area (Å²) >= 11 is 1.44. The van der Waals surface area contributed by atoms with Gasteiger partial charge in [0.25, 0.3) is 0 Å². The highest BCUT2D eigenvalue weighted by atomic mass is 32.1. The van der Waals surface area contributed by atoms with Crippen molar-refractivity contribution < 1.29 is 18.6 Å².